The maximum atomic E-state index is 13.1. The predicted octanol–water partition coefficient (Wildman–Crippen LogP) is 22.0. The molecule has 0 aliphatic carbocycles. The Morgan fingerprint density at radius 2 is 0.505 bits per heavy atom. The molecule has 0 aromatic heterocycles. The van der Waals surface area contributed by atoms with Gasteiger partial charge in [0.15, 0.2) is 12.2 Å². The largest absolute Gasteiger partial charge is 0.472 e. The molecule has 17 nitrogen and oxygen atoms in total. The first-order valence-corrected chi connectivity index (χ1v) is 42.2. The molecule has 0 heterocycles. The Morgan fingerprint density at radius 3 is 0.747 bits per heavy atom. The summed E-state index contributed by atoms with van der Waals surface area (Å²) in [5.41, 5.74) is 0. The minimum absolute atomic E-state index is 0.105. The van der Waals surface area contributed by atoms with Crippen LogP contribution in [0.25, 0.3) is 0 Å². The van der Waals surface area contributed by atoms with Crippen LogP contribution in [0, 0.1) is 23.7 Å². The molecule has 564 valence electrons. The van der Waals surface area contributed by atoms with Crippen LogP contribution in [0.15, 0.2) is 0 Å². The van der Waals surface area contributed by atoms with Gasteiger partial charge in [-0.05, 0) is 49.4 Å². The number of phosphoric ester groups is 2. The molecule has 0 fully saturated rings. The molecule has 0 spiro atoms. The number of unbranched alkanes of at least 4 members (excludes halogenated alkanes) is 38. The Balaban J connectivity index is 5.22. The van der Waals surface area contributed by atoms with Crippen LogP contribution < -0.4 is 0 Å². The third-order valence-electron chi connectivity index (χ3n) is 17.9. The van der Waals surface area contributed by atoms with Gasteiger partial charge in [0.1, 0.15) is 19.3 Å². The van der Waals surface area contributed by atoms with Crippen LogP contribution >= 0.6 is 15.6 Å². The summed E-state index contributed by atoms with van der Waals surface area (Å²) < 4.78 is 68.5. The molecule has 0 bridgehead atoms. The lowest BCUT2D eigenvalue weighted by Gasteiger charge is -2.21. The van der Waals surface area contributed by atoms with Gasteiger partial charge in [0.25, 0.3) is 0 Å². The van der Waals surface area contributed by atoms with Gasteiger partial charge in [-0.25, -0.2) is 9.13 Å². The Hall–Kier alpha value is -1.94. The number of phosphoric acid groups is 2. The van der Waals surface area contributed by atoms with E-state index in [9.17, 15) is 43.2 Å². The van der Waals surface area contributed by atoms with Gasteiger partial charge >= 0.3 is 39.5 Å². The molecule has 4 unspecified atom stereocenters. The zero-order chi connectivity index (χ0) is 70.3. The number of carbonyl (C=O) groups excluding carboxylic acids is 4. The normalized spacial score (nSPS) is 14.4. The fourth-order valence-electron chi connectivity index (χ4n) is 11.5. The Kier molecular flexibility index (Phi) is 64.0. The highest BCUT2D eigenvalue weighted by Crippen LogP contribution is 2.45. The molecular formula is C76H148O17P2. The van der Waals surface area contributed by atoms with Crippen LogP contribution in [-0.4, -0.2) is 96.7 Å². The summed E-state index contributed by atoms with van der Waals surface area (Å²) in [7, 11) is -9.91. The number of ether oxygens (including phenoxy) is 4. The van der Waals surface area contributed by atoms with Crippen LogP contribution in [0.5, 0.6) is 0 Å². The van der Waals surface area contributed by atoms with Gasteiger partial charge in [-0.1, -0.05) is 331 Å². The zero-order valence-corrected chi connectivity index (χ0v) is 64.1. The van der Waals surface area contributed by atoms with E-state index in [2.05, 4.69) is 55.4 Å². The van der Waals surface area contributed by atoms with E-state index in [4.69, 9.17) is 37.0 Å². The molecule has 3 N–H and O–H groups in total. The lowest BCUT2D eigenvalue weighted by molar-refractivity contribution is -0.161. The van der Waals surface area contributed by atoms with Crippen molar-refractivity contribution < 1.29 is 80.2 Å². The van der Waals surface area contributed by atoms with Crippen molar-refractivity contribution in [2.45, 2.75) is 401 Å². The highest BCUT2D eigenvalue weighted by Gasteiger charge is 2.30. The van der Waals surface area contributed by atoms with E-state index in [-0.39, 0.29) is 25.7 Å². The van der Waals surface area contributed by atoms with E-state index in [1.54, 1.807) is 0 Å². The highest BCUT2D eigenvalue weighted by molar-refractivity contribution is 7.47. The standard InChI is InChI=1S/C76H148O17P2/c1-9-69(8)55-47-39-31-23-18-19-24-32-40-48-56-73(78)86-62-71(93-76(81)59-51-43-34-26-20-22-29-37-45-53-67(4)5)64-90-94(82,83)88-60-70(77)61-89-95(84,85)91-65-72(63-87-74(79)57-49-41-35-27-30-38-46-54-68(6)7)92-75(80)58-50-42-33-25-17-15-13-11-10-12-14-16-21-28-36-44-52-66(2)3/h66-72,77H,9-65H2,1-8H3,(H,82,83)(H,84,85)/t69?,70?,71-,72-/m1/s1. The highest BCUT2D eigenvalue weighted by atomic mass is 31.2. The van der Waals surface area contributed by atoms with Gasteiger partial charge in [-0.15, -0.1) is 0 Å². The lowest BCUT2D eigenvalue weighted by Crippen LogP contribution is -2.30. The molecule has 0 amide bonds. The molecule has 95 heavy (non-hydrogen) atoms. The van der Waals surface area contributed by atoms with Crippen molar-refractivity contribution >= 4 is 39.5 Å². The average Bonchev–Trinajstić information content (AvgIpc) is 2.41. The molecule has 0 aliphatic rings. The van der Waals surface area contributed by atoms with Crippen LogP contribution in [0.1, 0.15) is 383 Å². The third kappa shape index (κ3) is 69.0. The van der Waals surface area contributed by atoms with Gasteiger partial charge in [0.05, 0.1) is 26.4 Å². The number of hydrogen-bond donors (Lipinski definition) is 3. The van der Waals surface area contributed by atoms with Crippen molar-refractivity contribution in [1.82, 2.24) is 0 Å². The smallest absolute Gasteiger partial charge is 0.462 e. The number of carbonyl (C=O) groups is 4. The summed E-state index contributed by atoms with van der Waals surface area (Å²) in [6.07, 6.45) is 50.0. The number of rotatable bonds is 73. The number of hydrogen-bond acceptors (Lipinski definition) is 15. The molecule has 6 atom stereocenters. The summed E-state index contributed by atoms with van der Waals surface area (Å²) in [5.74, 6) is 0.938. The first kappa shape index (κ1) is 93.1. The Bertz CT molecular complexity index is 1870. The van der Waals surface area contributed by atoms with Crippen LogP contribution in [-0.2, 0) is 65.4 Å². The summed E-state index contributed by atoms with van der Waals surface area (Å²) in [4.78, 5) is 72.8. The zero-order valence-electron chi connectivity index (χ0n) is 62.3. The Labute approximate surface area is 581 Å². The molecule has 0 rings (SSSR count). The maximum Gasteiger partial charge on any atom is 0.472 e. The Morgan fingerprint density at radius 1 is 0.295 bits per heavy atom. The van der Waals surface area contributed by atoms with Crippen molar-refractivity contribution in [2.24, 2.45) is 23.7 Å². The van der Waals surface area contributed by atoms with Crippen molar-refractivity contribution in [3.63, 3.8) is 0 Å². The van der Waals surface area contributed by atoms with Gasteiger partial charge in [0.2, 0.25) is 0 Å². The van der Waals surface area contributed by atoms with E-state index < -0.39 is 97.5 Å². The second-order valence-corrected chi connectivity index (χ2v) is 32.0. The summed E-state index contributed by atoms with van der Waals surface area (Å²) >= 11 is 0. The van der Waals surface area contributed by atoms with Crippen molar-refractivity contribution in [3.05, 3.63) is 0 Å². The minimum atomic E-state index is -4.96. The molecular weight excluding hydrogens is 1250 g/mol. The minimum Gasteiger partial charge on any atom is -0.462 e. The van der Waals surface area contributed by atoms with E-state index in [1.165, 1.54) is 180 Å². The lowest BCUT2D eigenvalue weighted by atomic mass is 9.99. The van der Waals surface area contributed by atoms with Crippen molar-refractivity contribution in [2.75, 3.05) is 39.6 Å². The topological polar surface area (TPSA) is 237 Å². The summed E-state index contributed by atoms with van der Waals surface area (Å²) in [6, 6.07) is 0. The van der Waals surface area contributed by atoms with Crippen LogP contribution in [0.4, 0.5) is 0 Å². The second kappa shape index (κ2) is 65.4. The third-order valence-corrected chi connectivity index (χ3v) is 19.8. The van der Waals surface area contributed by atoms with E-state index in [0.717, 1.165) is 114 Å². The number of aliphatic hydroxyl groups excluding tert-OH is 1. The molecule has 0 saturated carbocycles. The van der Waals surface area contributed by atoms with Crippen molar-refractivity contribution in [3.8, 4) is 0 Å². The molecule has 0 aromatic carbocycles. The molecule has 0 aliphatic heterocycles. The fraction of sp³-hybridized carbons (Fsp3) is 0.947. The van der Waals surface area contributed by atoms with E-state index >= 15 is 0 Å². The van der Waals surface area contributed by atoms with E-state index in [1.807, 2.05) is 0 Å². The molecule has 0 radical (unpaired) electrons. The van der Waals surface area contributed by atoms with Crippen LogP contribution in [0.2, 0.25) is 0 Å². The summed E-state index contributed by atoms with van der Waals surface area (Å²) in [5, 5.41) is 10.6. The van der Waals surface area contributed by atoms with E-state index in [0.29, 0.717) is 31.6 Å². The first-order valence-electron chi connectivity index (χ1n) is 39.2. The monoisotopic (exact) mass is 1400 g/mol. The number of esters is 4. The molecule has 0 saturated heterocycles. The summed E-state index contributed by atoms with van der Waals surface area (Å²) in [6.45, 7) is 14.2. The van der Waals surface area contributed by atoms with Gasteiger partial charge in [-0.2, -0.15) is 0 Å². The van der Waals surface area contributed by atoms with Gasteiger partial charge < -0.3 is 33.8 Å². The molecule has 0 aromatic rings. The quantitative estimate of drug-likeness (QED) is 0.0222. The fourth-order valence-corrected chi connectivity index (χ4v) is 13.1. The number of aliphatic hydroxyl groups is 1. The SMILES string of the molecule is CCC(C)CCCCCCCCCCCCC(=O)OC[C@H](COP(=O)(O)OCC(O)COP(=O)(O)OC[C@@H](COC(=O)CCCCCCCCCC(C)C)OC(=O)CCCCCCCCCCCCCCCCCCC(C)C)OC(=O)CCCCCCCCCCCC(C)C. The van der Waals surface area contributed by atoms with Crippen LogP contribution in [0.3, 0.4) is 0 Å². The predicted molar refractivity (Wildman–Crippen MR) is 386 cm³/mol. The van der Waals surface area contributed by atoms with Gasteiger partial charge in [0, 0.05) is 25.7 Å². The van der Waals surface area contributed by atoms with Crippen molar-refractivity contribution in [1.29, 1.82) is 0 Å². The second-order valence-electron chi connectivity index (χ2n) is 29.1. The van der Waals surface area contributed by atoms with Gasteiger partial charge in [-0.3, -0.25) is 37.3 Å². The first-order chi connectivity index (χ1) is 45.6. The molecule has 19 heteroatoms. The average molecular weight is 1400 g/mol. The maximum absolute atomic E-state index is 13.1.